The highest BCUT2D eigenvalue weighted by Gasteiger charge is 2.17. The normalized spacial score (nSPS) is 17.6. The minimum absolute atomic E-state index is 0. The lowest BCUT2D eigenvalue weighted by atomic mass is 10.0. The first-order valence-corrected chi connectivity index (χ1v) is 9.11. The number of nitrogens with one attached hydrogen (secondary N) is 2. The number of carbonyl (C=O) groups excluding carboxylic acids is 1. The van der Waals surface area contributed by atoms with Gasteiger partial charge in [-0.05, 0) is 56.0 Å². The molecular formula is C15H24ClN3O3S. The number of aryl methyl sites for hydroxylation is 1. The third kappa shape index (κ3) is 5.76. The van der Waals surface area contributed by atoms with Gasteiger partial charge in [0.25, 0.3) is 0 Å². The summed E-state index contributed by atoms with van der Waals surface area (Å²) in [5.74, 6) is 0.449. The lowest BCUT2D eigenvalue weighted by Gasteiger charge is -2.11. The van der Waals surface area contributed by atoms with Gasteiger partial charge in [-0.1, -0.05) is 13.0 Å². The summed E-state index contributed by atoms with van der Waals surface area (Å²) in [6, 6.07) is 4.84. The second-order valence-electron chi connectivity index (χ2n) is 5.67. The average molecular weight is 362 g/mol. The van der Waals surface area contributed by atoms with E-state index < -0.39 is 10.0 Å². The molecule has 1 saturated heterocycles. The molecule has 2 rings (SSSR count). The molecule has 1 aliphatic heterocycles. The van der Waals surface area contributed by atoms with Gasteiger partial charge >= 0.3 is 0 Å². The first-order valence-electron chi connectivity index (χ1n) is 7.56. The first kappa shape index (κ1) is 19.9. The van der Waals surface area contributed by atoms with Crippen LogP contribution in [0.25, 0.3) is 0 Å². The number of hydrogen-bond donors (Lipinski definition) is 3. The lowest BCUT2D eigenvalue weighted by molar-refractivity contribution is -0.116. The van der Waals surface area contributed by atoms with Crippen LogP contribution in [0.1, 0.15) is 31.7 Å². The van der Waals surface area contributed by atoms with E-state index in [1.165, 1.54) is 6.07 Å². The van der Waals surface area contributed by atoms with Crippen LogP contribution < -0.4 is 15.8 Å². The number of sulfonamides is 1. The van der Waals surface area contributed by atoms with Gasteiger partial charge in [0.1, 0.15) is 0 Å². The van der Waals surface area contributed by atoms with Gasteiger partial charge in [0.05, 0.1) is 4.90 Å². The van der Waals surface area contributed by atoms with Crippen LogP contribution >= 0.6 is 12.4 Å². The largest absolute Gasteiger partial charge is 0.326 e. The fourth-order valence-corrected chi connectivity index (χ4v) is 3.58. The van der Waals surface area contributed by atoms with Gasteiger partial charge in [-0.3, -0.25) is 4.79 Å². The SMILES string of the molecule is CCc1ccc(NC(=O)CCC2CCNC2)cc1S(N)(=O)=O.Cl. The van der Waals surface area contributed by atoms with Gasteiger partial charge < -0.3 is 10.6 Å². The van der Waals surface area contributed by atoms with Gasteiger partial charge in [0.2, 0.25) is 15.9 Å². The fourth-order valence-electron chi connectivity index (χ4n) is 2.71. The second-order valence-corrected chi connectivity index (χ2v) is 7.20. The number of carbonyl (C=O) groups is 1. The molecule has 130 valence electrons. The molecule has 0 aromatic heterocycles. The summed E-state index contributed by atoms with van der Waals surface area (Å²) >= 11 is 0. The van der Waals surface area contributed by atoms with Gasteiger partial charge in [-0.25, -0.2) is 13.6 Å². The van der Waals surface area contributed by atoms with E-state index in [9.17, 15) is 13.2 Å². The zero-order valence-corrected chi connectivity index (χ0v) is 14.8. The molecule has 1 aliphatic rings. The van der Waals surface area contributed by atoms with Crippen LogP contribution in [0.15, 0.2) is 23.1 Å². The predicted molar refractivity (Wildman–Crippen MR) is 93.3 cm³/mol. The van der Waals surface area contributed by atoms with Gasteiger partial charge in [-0.15, -0.1) is 12.4 Å². The number of hydrogen-bond acceptors (Lipinski definition) is 4. The number of nitrogens with two attached hydrogens (primary N) is 1. The molecule has 4 N–H and O–H groups in total. The Hall–Kier alpha value is -1.15. The van der Waals surface area contributed by atoms with E-state index in [-0.39, 0.29) is 23.2 Å². The number of primary sulfonamides is 1. The Labute approximate surface area is 143 Å². The Bertz CT molecular complexity index is 643. The van der Waals surface area contributed by atoms with Crippen LogP contribution in [0, 0.1) is 5.92 Å². The minimum atomic E-state index is -3.79. The second kappa shape index (κ2) is 8.63. The van der Waals surface area contributed by atoms with Crippen LogP contribution in [0.3, 0.4) is 0 Å². The molecule has 1 fully saturated rings. The number of benzene rings is 1. The lowest BCUT2D eigenvalue weighted by Crippen LogP contribution is -2.17. The summed E-state index contributed by atoms with van der Waals surface area (Å²) < 4.78 is 23.2. The summed E-state index contributed by atoms with van der Waals surface area (Å²) in [6.07, 6.45) is 2.95. The molecule has 1 amide bonds. The highest BCUT2D eigenvalue weighted by atomic mass is 35.5. The first-order chi connectivity index (χ1) is 10.4. The van der Waals surface area contributed by atoms with Crippen LogP contribution in [-0.4, -0.2) is 27.4 Å². The number of anilines is 1. The molecule has 0 spiro atoms. The molecule has 1 heterocycles. The number of halogens is 1. The van der Waals surface area contributed by atoms with Gasteiger partial charge in [0.15, 0.2) is 0 Å². The highest BCUT2D eigenvalue weighted by molar-refractivity contribution is 7.89. The quantitative estimate of drug-likeness (QED) is 0.716. The van der Waals surface area contributed by atoms with Crippen molar-refractivity contribution < 1.29 is 13.2 Å². The molecule has 1 aromatic carbocycles. The predicted octanol–water partition coefficient (Wildman–Crippen LogP) is 1.65. The smallest absolute Gasteiger partial charge is 0.238 e. The Kier molecular flexibility index (Phi) is 7.47. The van der Waals surface area contributed by atoms with E-state index in [0.29, 0.717) is 30.0 Å². The summed E-state index contributed by atoms with van der Waals surface area (Å²) in [5.41, 5.74) is 1.12. The van der Waals surface area contributed by atoms with E-state index in [2.05, 4.69) is 10.6 Å². The van der Waals surface area contributed by atoms with Crippen molar-refractivity contribution in [2.24, 2.45) is 11.1 Å². The van der Waals surface area contributed by atoms with Crippen molar-refractivity contribution in [3.8, 4) is 0 Å². The van der Waals surface area contributed by atoms with Crippen molar-refractivity contribution >= 4 is 34.0 Å². The van der Waals surface area contributed by atoms with E-state index in [4.69, 9.17) is 5.14 Å². The topological polar surface area (TPSA) is 101 Å². The molecule has 8 heteroatoms. The average Bonchev–Trinajstić information content (AvgIpc) is 2.97. The van der Waals surface area contributed by atoms with Crippen LogP contribution in [0.5, 0.6) is 0 Å². The summed E-state index contributed by atoms with van der Waals surface area (Å²) in [4.78, 5) is 12.0. The highest BCUT2D eigenvalue weighted by Crippen LogP contribution is 2.21. The zero-order chi connectivity index (χ0) is 16.2. The zero-order valence-electron chi connectivity index (χ0n) is 13.2. The van der Waals surface area contributed by atoms with Crippen molar-refractivity contribution in [2.45, 2.75) is 37.5 Å². The van der Waals surface area contributed by atoms with Gasteiger partial charge in [0, 0.05) is 12.1 Å². The Morgan fingerprint density at radius 3 is 2.74 bits per heavy atom. The maximum Gasteiger partial charge on any atom is 0.238 e. The third-order valence-electron chi connectivity index (χ3n) is 3.98. The maximum atomic E-state index is 12.0. The van der Waals surface area contributed by atoms with Crippen molar-refractivity contribution in [3.63, 3.8) is 0 Å². The van der Waals surface area contributed by atoms with Crippen LogP contribution in [0.2, 0.25) is 0 Å². The minimum Gasteiger partial charge on any atom is -0.326 e. The molecular weight excluding hydrogens is 338 g/mol. The van der Waals surface area contributed by atoms with Gasteiger partial charge in [-0.2, -0.15) is 0 Å². The molecule has 6 nitrogen and oxygen atoms in total. The molecule has 1 atom stereocenters. The van der Waals surface area contributed by atoms with Crippen LogP contribution in [-0.2, 0) is 21.2 Å². The van der Waals surface area contributed by atoms with E-state index in [0.717, 1.165) is 25.9 Å². The summed E-state index contributed by atoms with van der Waals surface area (Å²) in [5, 5.41) is 11.2. The van der Waals surface area contributed by atoms with E-state index in [1.807, 2.05) is 6.92 Å². The van der Waals surface area contributed by atoms with E-state index in [1.54, 1.807) is 12.1 Å². The van der Waals surface area contributed by atoms with E-state index >= 15 is 0 Å². The van der Waals surface area contributed by atoms with Crippen LogP contribution in [0.4, 0.5) is 5.69 Å². The van der Waals surface area contributed by atoms with Crippen molar-refractivity contribution in [1.82, 2.24) is 5.32 Å². The molecule has 0 radical (unpaired) electrons. The molecule has 1 aromatic rings. The number of rotatable bonds is 6. The van der Waals surface area contributed by atoms with Crippen molar-refractivity contribution in [1.29, 1.82) is 0 Å². The third-order valence-corrected chi connectivity index (χ3v) is 4.97. The maximum absolute atomic E-state index is 12.0. The Morgan fingerprint density at radius 2 is 2.17 bits per heavy atom. The van der Waals surface area contributed by atoms with Crippen molar-refractivity contribution in [2.75, 3.05) is 18.4 Å². The standard InChI is InChI=1S/C15H23N3O3S.ClH/c1-2-12-4-5-13(9-14(12)22(16,20)21)18-15(19)6-3-11-7-8-17-10-11;/h4-5,9,11,17H,2-3,6-8,10H2,1H3,(H,18,19)(H2,16,20,21);1H. The number of amides is 1. The summed E-state index contributed by atoms with van der Waals surface area (Å²) in [7, 11) is -3.79. The Balaban J connectivity index is 0.00000264. The molecule has 0 saturated carbocycles. The van der Waals surface area contributed by atoms with Crippen molar-refractivity contribution in [3.05, 3.63) is 23.8 Å². The Morgan fingerprint density at radius 1 is 1.43 bits per heavy atom. The fraction of sp³-hybridized carbons (Fsp3) is 0.533. The molecule has 0 aliphatic carbocycles. The molecule has 23 heavy (non-hydrogen) atoms. The molecule has 1 unspecified atom stereocenters. The summed E-state index contributed by atoms with van der Waals surface area (Å²) in [6.45, 7) is 3.84. The molecule has 0 bridgehead atoms. The monoisotopic (exact) mass is 361 g/mol.